The largest absolute Gasteiger partial charge is 0.416 e. The van der Waals surface area contributed by atoms with Crippen LogP contribution in [0.2, 0.25) is 0 Å². The minimum Gasteiger partial charge on any atom is -0.308 e. The summed E-state index contributed by atoms with van der Waals surface area (Å²) in [6.45, 7) is 8.33. The third-order valence-electron chi connectivity index (χ3n) is 14.8. The van der Waals surface area contributed by atoms with E-state index in [-0.39, 0.29) is 11.1 Å². The van der Waals surface area contributed by atoms with Crippen LogP contribution in [0.25, 0.3) is 111 Å². The average molecular weight is 963 g/mol. The summed E-state index contributed by atoms with van der Waals surface area (Å²) < 4.78 is 48.4. The van der Waals surface area contributed by atoms with Crippen molar-refractivity contribution in [2.24, 2.45) is 0 Å². The van der Waals surface area contributed by atoms with E-state index in [1.807, 2.05) is 60.7 Å². The molecule has 0 saturated carbocycles. The van der Waals surface area contributed by atoms with Crippen molar-refractivity contribution >= 4 is 43.6 Å². The number of hydrogen-bond donors (Lipinski definition) is 0. The fraction of sp³-hybridized carbons (Fsp3) is 0.0746. The molecule has 2 heterocycles. The van der Waals surface area contributed by atoms with Crippen LogP contribution in [-0.2, 0) is 6.18 Å². The molecule has 0 radical (unpaired) electrons. The second-order valence-corrected chi connectivity index (χ2v) is 19.2. The molecule has 7 heteroatoms. The number of alkyl halides is 3. The lowest BCUT2D eigenvalue weighted by atomic mass is 9.93. The molecule has 0 fully saturated rings. The Bertz CT molecular complexity index is 3940. The van der Waals surface area contributed by atoms with Crippen LogP contribution in [0.3, 0.4) is 0 Å². The zero-order chi connectivity index (χ0) is 51.0. The number of benzene rings is 10. The van der Waals surface area contributed by atoms with Crippen LogP contribution < -0.4 is 0 Å². The fourth-order valence-electron chi connectivity index (χ4n) is 11.1. The van der Waals surface area contributed by atoms with Crippen molar-refractivity contribution < 1.29 is 13.2 Å². The normalized spacial score (nSPS) is 11.7. The van der Waals surface area contributed by atoms with Crippen LogP contribution in [0, 0.1) is 50.4 Å². The maximum Gasteiger partial charge on any atom is 0.416 e. The van der Waals surface area contributed by atoms with Crippen molar-refractivity contribution in [3.05, 3.63) is 239 Å². The van der Waals surface area contributed by atoms with Gasteiger partial charge in [-0.1, -0.05) is 152 Å². The quantitative estimate of drug-likeness (QED) is 0.160. The van der Waals surface area contributed by atoms with Gasteiger partial charge in [-0.2, -0.15) is 23.7 Å². The van der Waals surface area contributed by atoms with E-state index in [0.717, 1.165) is 123 Å². The monoisotopic (exact) mass is 962 g/mol. The Morgan fingerprint density at radius 2 is 0.703 bits per heavy atom. The molecule has 74 heavy (non-hydrogen) atoms. The molecule has 12 aromatic rings. The van der Waals surface area contributed by atoms with Crippen molar-refractivity contribution in [1.29, 1.82) is 10.5 Å². The smallest absolute Gasteiger partial charge is 0.308 e. The van der Waals surface area contributed by atoms with Crippen LogP contribution in [-0.4, -0.2) is 9.13 Å². The van der Waals surface area contributed by atoms with Gasteiger partial charge in [-0.15, -0.1) is 0 Å². The molecule has 0 bridgehead atoms. The third kappa shape index (κ3) is 7.52. The van der Waals surface area contributed by atoms with Gasteiger partial charge < -0.3 is 9.13 Å². The number of fused-ring (bicyclic) bond motifs is 6. The molecule has 10 aromatic carbocycles. The first-order chi connectivity index (χ1) is 35.9. The predicted octanol–water partition coefficient (Wildman–Crippen LogP) is 18.2. The Labute approximate surface area is 426 Å². The standard InChI is InChI=1S/C67H45F3N4/c1-40-13-5-9-17-51(40)45-21-26-56-57-27-22-46(52-18-10-6-14-41(52)2)35-61(57)73(60(56)34-45)64-31-44(38-71)32-65(66(64)55-30-25-50(67(68,69)70)33-49(55)39-72)74-62-36-47(53-19-11-7-15-42(53)3)23-28-58(62)59-29-24-48(37-63(59)74)54-20-12-8-16-43(54)4/h5-37H,1-4H3. The first-order valence-corrected chi connectivity index (χ1v) is 24.5. The molecule has 0 spiro atoms. The van der Waals surface area contributed by atoms with E-state index in [2.05, 4.69) is 170 Å². The topological polar surface area (TPSA) is 57.4 Å². The highest BCUT2D eigenvalue weighted by atomic mass is 19.4. The predicted molar refractivity (Wildman–Crippen MR) is 296 cm³/mol. The summed E-state index contributed by atoms with van der Waals surface area (Å²) >= 11 is 0. The van der Waals surface area contributed by atoms with Gasteiger partial charge in [0.25, 0.3) is 0 Å². The van der Waals surface area contributed by atoms with Gasteiger partial charge in [0.1, 0.15) is 0 Å². The van der Waals surface area contributed by atoms with E-state index in [1.54, 1.807) is 0 Å². The molecular weight excluding hydrogens is 918 g/mol. The Hall–Kier alpha value is -9.43. The molecule has 2 aromatic heterocycles. The van der Waals surface area contributed by atoms with E-state index in [1.165, 1.54) is 6.07 Å². The number of nitriles is 2. The van der Waals surface area contributed by atoms with Crippen LogP contribution in [0.15, 0.2) is 200 Å². The second-order valence-electron chi connectivity index (χ2n) is 19.2. The molecule has 0 atom stereocenters. The van der Waals surface area contributed by atoms with E-state index in [9.17, 15) is 23.7 Å². The summed E-state index contributed by atoms with van der Waals surface area (Å²) in [6, 6.07) is 70.3. The average Bonchev–Trinajstić information content (AvgIpc) is 3.92. The summed E-state index contributed by atoms with van der Waals surface area (Å²) in [7, 11) is 0. The molecule has 12 rings (SSSR count). The number of halogens is 3. The number of aryl methyl sites for hydroxylation is 4. The molecule has 0 N–H and O–H groups in total. The zero-order valence-corrected chi connectivity index (χ0v) is 41.0. The van der Waals surface area contributed by atoms with Gasteiger partial charge in [-0.25, -0.2) is 0 Å². The number of aromatic nitrogens is 2. The molecule has 0 unspecified atom stereocenters. The van der Waals surface area contributed by atoms with Gasteiger partial charge in [0, 0.05) is 32.7 Å². The summed E-state index contributed by atoms with van der Waals surface area (Å²) in [5.41, 5.74) is 16.8. The molecule has 0 aliphatic carbocycles. The maximum atomic E-state index is 14.7. The van der Waals surface area contributed by atoms with Crippen molar-refractivity contribution in [2.75, 3.05) is 0 Å². The lowest BCUT2D eigenvalue weighted by Gasteiger charge is -2.22. The Kier molecular flexibility index (Phi) is 10.9. The first-order valence-electron chi connectivity index (χ1n) is 24.5. The summed E-state index contributed by atoms with van der Waals surface area (Å²) in [5.74, 6) is 0. The zero-order valence-electron chi connectivity index (χ0n) is 41.0. The summed E-state index contributed by atoms with van der Waals surface area (Å²) in [4.78, 5) is 0. The lowest BCUT2D eigenvalue weighted by molar-refractivity contribution is -0.137. The molecular formula is C67H45F3N4. The summed E-state index contributed by atoms with van der Waals surface area (Å²) in [6.07, 6.45) is -4.71. The van der Waals surface area contributed by atoms with E-state index in [4.69, 9.17) is 0 Å². The van der Waals surface area contributed by atoms with Gasteiger partial charge in [0.15, 0.2) is 0 Å². The van der Waals surface area contributed by atoms with Crippen LogP contribution in [0.4, 0.5) is 13.2 Å². The van der Waals surface area contributed by atoms with Crippen molar-refractivity contribution in [2.45, 2.75) is 33.9 Å². The molecule has 0 aliphatic heterocycles. The second kappa shape index (κ2) is 17.7. The maximum absolute atomic E-state index is 14.7. The van der Waals surface area contributed by atoms with Crippen LogP contribution in [0.1, 0.15) is 38.9 Å². The van der Waals surface area contributed by atoms with Crippen LogP contribution in [0.5, 0.6) is 0 Å². The van der Waals surface area contributed by atoms with Crippen molar-refractivity contribution in [3.63, 3.8) is 0 Å². The Morgan fingerprint density at radius 3 is 1.00 bits per heavy atom. The minimum absolute atomic E-state index is 0.157. The van der Waals surface area contributed by atoms with E-state index < -0.39 is 11.7 Å². The number of rotatable bonds is 7. The number of nitrogens with zero attached hydrogens (tertiary/aromatic N) is 4. The fourth-order valence-corrected chi connectivity index (χ4v) is 11.1. The first kappa shape index (κ1) is 45.7. The van der Waals surface area contributed by atoms with E-state index in [0.29, 0.717) is 22.5 Å². The van der Waals surface area contributed by atoms with Gasteiger partial charge in [0.2, 0.25) is 0 Å². The van der Waals surface area contributed by atoms with Crippen molar-refractivity contribution in [3.8, 4) is 79.1 Å². The van der Waals surface area contributed by atoms with Gasteiger partial charge in [0.05, 0.1) is 62.3 Å². The highest BCUT2D eigenvalue weighted by molar-refractivity contribution is 6.14. The Morgan fingerprint density at radius 1 is 0.365 bits per heavy atom. The third-order valence-corrected chi connectivity index (χ3v) is 14.8. The molecule has 4 nitrogen and oxygen atoms in total. The minimum atomic E-state index is -4.71. The van der Waals surface area contributed by atoms with E-state index >= 15 is 0 Å². The molecule has 0 saturated heterocycles. The molecule has 0 amide bonds. The molecule has 354 valence electrons. The van der Waals surface area contributed by atoms with Crippen molar-refractivity contribution in [1.82, 2.24) is 9.13 Å². The van der Waals surface area contributed by atoms with Gasteiger partial charge >= 0.3 is 6.18 Å². The summed E-state index contributed by atoms with van der Waals surface area (Å²) in [5, 5.41) is 26.1. The molecule has 0 aliphatic rings. The van der Waals surface area contributed by atoms with Crippen LogP contribution >= 0.6 is 0 Å². The lowest BCUT2D eigenvalue weighted by Crippen LogP contribution is -2.08. The van der Waals surface area contributed by atoms with Gasteiger partial charge in [-0.3, -0.25) is 0 Å². The Balaban J connectivity index is 1.29. The van der Waals surface area contributed by atoms with Gasteiger partial charge in [-0.05, 0) is 143 Å². The SMILES string of the molecule is Cc1ccccc1-c1ccc2c3ccc(-c4ccccc4C)cc3n(-c3cc(C#N)cc(-n4c5cc(-c6ccccc6C)ccc5c5ccc(-c6ccccc6C)cc54)c3-c3ccc(C(F)(F)F)cc3C#N)c2c1. The number of hydrogen-bond acceptors (Lipinski definition) is 2. The highest BCUT2D eigenvalue weighted by Crippen LogP contribution is 2.47. The highest BCUT2D eigenvalue weighted by Gasteiger charge is 2.33.